The number of aromatic nitrogens is 4. The van der Waals surface area contributed by atoms with Gasteiger partial charge in [0.25, 0.3) is 0 Å². The van der Waals surface area contributed by atoms with Crippen LogP contribution in [0.15, 0.2) is 12.5 Å². The molecule has 0 unspecified atom stereocenters. The van der Waals surface area contributed by atoms with Crippen LogP contribution < -0.4 is 5.73 Å². The van der Waals surface area contributed by atoms with Crippen LogP contribution in [0.3, 0.4) is 0 Å². The third kappa shape index (κ3) is 1.12. The number of rotatable bonds is 1. The monoisotopic (exact) mass is 177 g/mol. The average Bonchev–Trinajstić information content (AvgIpc) is 2.49. The van der Waals surface area contributed by atoms with Gasteiger partial charge < -0.3 is 5.73 Å². The summed E-state index contributed by atoms with van der Waals surface area (Å²) in [5.41, 5.74) is 6.46. The Hall–Kier alpha value is -1.65. The van der Waals surface area contributed by atoms with Crippen molar-refractivity contribution in [3.63, 3.8) is 0 Å². The Morgan fingerprint density at radius 3 is 2.77 bits per heavy atom. The highest BCUT2D eigenvalue weighted by molar-refractivity contribution is 5.42. The van der Waals surface area contributed by atoms with Crippen LogP contribution in [0.5, 0.6) is 0 Å². The summed E-state index contributed by atoms with van der Waals surface area (Å²) in [6, 6.07) is 0. The fourth-order valence-electron chi connectivity index (χ4n) is 1.29. The molecule has 0 radical (unpaired) electrons. The molecular weight excluding hydrogens is 166 g/mol. The van der Waals surface area contributed by atoms with Gasteiger partial charge in [0.2, 0.25) is 5.95 Å². The van der Waals surface area contributed by atoms with Crippen LogP contribution in [0.1, 0.15) is 25.6 Å². The zero-order valence-electron chi connectivity index (χ0n) is 7.60. The lowest BCUT2D eigenvalue weighted by molar-refractivity contribution is 0.765. The summed E-state index contributed by atoms with van der Waals surface area (Å²) < 4.78 is 1.77. The van der Waals surface area contributed by atoms with Crippen LogP contribution in [0.2, 0.25) is 0 Å². The van der Waals surface area contributed by atoms with Crippen molar-refractivity contribution in [1.29, 1.82) is 0 Å². The molecule has 0 amide bonds. The molecule has 0 aliphatic rings. The molecule has 0 aliphatic heterocycles. The number of anilines is 1. The Kier molecular flexibility index (Phi) is 1.65. The van der Waals surface area contributed by atoms with Crippen molar-refractivity contribution in [1.82, 2.24) is 19.4 Å². The normalized spacial score (nSPS) is 11.3. The SMILES string of the molecule is CC(C)c1ncc2ncnc(N)n12. The van der Waals surface area contributed by atoms with E-state index in [0.717, 1.165) is 11.5 Å². The number of hydrogen-bond donors (Lipinski definition) is 1. The quantitative estimate of drug-likeness (QED) is 0.700. The largest absolute Gasteiger partial charge is 0.369 e. The highest BCUT2D eigenvalue weighted by Crippen LogP contribution is 2.15. The van der Waals surface area contributed by atoms with Gasteiger partial charge in [-0.25, -0.2) is 15.0 Å². The van der Waals surface area contributed by atoms with Gasteiger partial charge in [-0.3, -0.25) is 4.40 Å². The second kappa shape index (κ2) is 2.69. The summed E-state index contributed by atoms with van der Waals surface area (Å²) in [6.07, 6.45) is 3.14. The predicted octanol–water partition coefficient (Wildman–Crippen LogP) is 0.830. The van der Waals surface area contributed by atoms with Crippen LogP contribution >= 0.6 is 0 Å². The first-order valence-electron chi connectivity index (χ1n) is 4.14. The molecule has 5 heteroatoms. The molecule has 5 nitrogen and oxygen atoms in total. The molecule has 2 heterocycles. The van der Waals surface area contributed by atoms with Crippen molar-refractivity contribution < 1.29 is 0 Å². The number of nitrogens with two attached hydrogens (primary N) is 1. The van der Waals surface area contributed by atoms with E-state index in [1.165, 1.54) is 6.33 Å². The summed E-state index contributed by atoms with van der Waals surface area (Å²) in [7, 11) is 0. The number of nitrogen functional groups attached to an aromatic ring is 1. The van der Waals surface area contributed by atoms with Gasteiger partial charge in [0.15, 0.2) is 5.65 Å². The minimum atomic E-state index is 0.316. The molecule has 0 saturated heterocycles. The molecule has 0 fully saturated rings. The number of nitrogens with zero attached hydrogens (tertiary/aromatic N) is 4. The van der Waals surface area contributed by atoms with E-state index >= 15 is 0 Å². The maximum absolute atomic E-state index is 5.71. The van der Waals surface area contributed by atoms with E-state index in [4.69, 9.17) is 5.73 Å². The van der Waals surface area contributed by atoms with Crippen molar-refractivity contribution in [2.24, 2.45) is 0 Å². The topological polar surface area (TPSA) is 69.1 Å². The van der Waals surface area contributed by atoms with E-state index in [1.54, 1.807) is 10.6 Å². The van der Waals surface area contributed by atoms with Crippen molar-refractivity contribution >= 4 is 11.6 Å². The van der Waals surface area contributed by atoms with Gasteiger partial charge in [-0.2, -0.15) is 0 Å². The number of imidazole rings is 1. The van der Waals surface area contributed by atoms with Crippen LogP contribution in [0, 0.1) is 0 Å². The van der Waals surface area contributed by atoms with Crippen molar-refractivity contribution in [2.75, 3.05) is 5.73 Å². The molecule has 2 aromatic rings. The minimum Gasteiger partial charge on any atom is -0.369 e. The fraction of sp³-hybridized carbons (Fsp3) is 0.375. The molecule has 2 aromatic heterocycles. The molecule has 0 bridgehead atoms. The van der Waals surface area contributed by atoms with E-state index < -0.39 is 0 Å². The lowest BCUT2D eigenvalue weighted by Crippen LogP contribution is -2.05. The van der Waals surface area contributed by atoms with Crippen molar-refractivity contribution in [2.45, 2.75) is 19.8 Å². The van der Waals surface area contributed by atoms with Crippen LogP contribution in [-0.4, -0.2) is 19.4 Å². The fourth-order valence-corrected chi connectivity index (χ4v) is 1.29. The van der Waals surface area contributed by atoms with Gasteiger partial charge >= 0.3 is 0 Å². The van der Waals surface area contributed by atoms with Crippen LogP contribution in [-0.2, 0) is 0 Å². The highest BCUT2D eigenvalue weighted by atomic mass is 15.2. The summed E-state index contributed by atoms with van der Waals surface area (Å²) >= 11 is 0. The first kappa shape index (κ1) is 7.97. The molecular formula is C8H11N5. The van der Waals surface area contributed by atoms with Gasteiger partial charge in [-0.05, 0) is 0 Å². The average molecular weight is 177 g/mol. The third-order valence-electron chi connectivity index (χ3n) is 1.90. The van der Waals surface area contributed by atoms with Gasteiger partial charge in [-0.1, -0.05) is 13.8 Å². The summed E-state index contributed by atoms with van der Waals surface area (Å²) in [5.74, 6) is 1.65. The van der Waals surface area contributed by atoms with Crippen molar-refractivity contribution in [3.05, 3.63) is 18.3 Å². The van der Waals surface area contributed by atoms with Gasteiger partial charge in [0.05, 0.1) is 6.20 Å². The molecule has 0 saturated carbocycles. The molecule has 2 N–H and O–H groups in total. The molecule has 0 atom stereocenters. The first-order valence-corrected chi connectivity index (χ1v) is 4.14. The summed E-state index contributed by atoms with van der Waals surface area (Å²) in [6.45, 7) is 4.11. The van der Waals surface area contributed by atoms with Gasteiger partial charge in [0.1, 0.15) is 12.2 Å². The van der Waals surface area contributed by atoms with Crippen molar-refractivity contribution in [3.8, 4) is 0 Å². The van der Waals surface area contributed by atoms with E-state index in [0.29, 0.717) is 11.9 Å². The van der Waals surface area contributed by atoms with Crippen LogP contribution in [0.4, 0.5) is 5.95 Å². The molecule has 13 heavy (non-hydrogen) atoms. The van der Waals surface area contributed by atoms with Gasteiger partial charge in [0, 0.05) is 5.92 Å². The second-order valence-corrected chi connectivity index (χ2v) is 3.20. The second-order valence-electron chi connectivity index (χ2n) is 3.20. The Balaban J connectivity index is 2.79. The standard InChI is InChI=1S/C8H11N5/c1-5(2)7-10-3-6-11-4-12-8(9)13(6)7/h3-5H,1-2H3,(H2,9,11,12). The number of fused-ring (bicyclic) bond motifs is 1. The molecule has 2 rings (SSSR count). The molecule has 0 aromatic carbocycles. The molecule has 0 spiro atoms. The number of hydrogen-bond acceptors (Lipinski definition) is 4. The third-order valence-corrected chi connectivity index (χ3v) is 1.90. The Bertz CT molecular complexity index is 431. The van der Waals surface area contributed by atoms with Crippen LogP contribution in [0.25, 0.3) is 5.65 Å². The van der Waals surface area contributed by atoms with E-state index in [9.17, 15) is 0 Å². The predicted molar refractivity (Wildman–Crippen MR) is 49.3 cm³/mol. The summed E-state index contributed by atoms with van der Waals surface area (Å²) in [4.78, 5) is 12.2. The van der Waals surface area contributed by atoms with E-state index in [2.05, 4.69) is 28.8 Å². The highest BCUT2D eigenvalue weighted by Gasteiger charge is 2.10. The van der Waals surface area contributed by atoms with E-state index in [-0.39, 0.29) is 0 Å². The smallest absolute Gasteiger partial charge is 0.208 e. The lowest BCUT2D eigenvalue weighted by atomic mass is 10.2. The first-order chi connectivity index (χ1) is 6.20. The minimum absolute atomic E-state index is 0.316. The maximum Gasteiger partial charge on any atom is 0.208 e. The molecule has 68 valence electrons. The lowest BCUT2D eigenvalue weighted by Gasteiger charge is -2.04. The maximum atomic E-state index is 5.71. The molecule has 0 aliphatic carbocycles. The Morgan fingerprint density at radius 1 is 1.31 bits per heavy atom. The van der Waals surface area contributed by atoms with Gasteiger partial charge in [-0.15, -0.1) is 0 Å². The Morgan fingerprint density at radius 2 is 2.08 bits per heavy atom. The zero-order valence-corrected chi connectivity index (χ0v) is 7.60. The summed E-state index contributed by atoms with van der Waals surface area (Å²) in [5, 5.41) is 0. The van der Waals surface area contributed by atoms with E-state index in [1.807, 2.05) is 0 Å². The Labute approximate surface area is 75.6 Å². The zero-order chi connectivity index (χ0) is 9.42.